The first-order valence-corrected chi connectivity index (χ1v) is 14.7. The number of carbonyl (C=O) groups excluding carboxylic acids is 4. The van der Waals surface area contributed by atoms with Crippen molar-refractivity contribution in [3.8, 4) is 0 Å². The van der Waals surface area contributed by atoms with Crippen molar-refractivity contribution in [1.82, 2.24) is 15.5 Å². The van der Waals surface area contributed by atoms with Gasteiger partial charge in [-0.25, -0.2) is 4.79 Å². The van der Waals surface area contributed by atoms with E-state index in [0.29, 0.717) is 5.56 Å². The maximum atomic E-state index is 14.5. The lowest BCUT2D eigenvalue weighted by Gasteiger charge is -2.35. The second kappa shape index (κ2) is 14.3. The van der Waals surface area contributed by atoms with Crippen molar-refractivity contribution in [1.29, 1.82) is 0 Å². The van der Waals surface area contributed by atoms with Gasteiger partial charge in [-0.3, -0.25) is 14.4 Å². The Morgan fingerprint density at radius 1 is 1.05 bits per heavy atom. The van der Waals surface area contributed by atoms with E-state index in [4.69, 9.17) is 9.47 Å². The van der Waals surface area contributed by atoms with Gasteiger partial charge in [-0.05, 0) is 70.6 Å². The Balaban J connectivity index is 2.01. The molecule has 9 nitrogen and oxygen atoms in total. The fourth-order valence-electron chi connectivity index (χ4n) is 5.02. The van der Waals surface area contributed by atoms with Crippen molar-refractivity contribution < 1.29 is 28.7 Å². The quantitative estimate of drug-likeness (QED) is 0.350. The topological polar surface area (TPSA) is 114 Å². The first-order valence-electron chi connectivity index (χ1n) is 14.7. The van der Waals surface area contributed by atoms with E-state index in [1.165, 1.54) is 0 Å². The molecule has 2 aromatic rings. The predicted octanol–water partition coefficient (Wildman–Crippen LogP) is 4.79. The van der Waals surface area contributed by atoms with Crippen LogP contribution in [0.25, 0.3) is 0 Å². The minimum Gasteiger partial charge on any atom is -0.466 e. The van der Waals surface area contributed by atoms with Crippen LogP contribution in [0.15, 0.2) is 48.5 Å². The number of rotatable bonds is 12. The van der Waals surface area contributed by atoms with Crippen molar-refractivity contribution >= 4 is 23.9 Å². The SMILES string of the molecule is CCOC(=O)CCNC(=O)C(c1ccc(C)cc1C)N(C(=O)C(Cc1ccccc1)NC(=O)OC(C)(C)C)C1CC1C. The summed E-state index contributed by atoms with van der Waals surface area (Å²) in [5.41, 5.74) is 2.69. The van der Waals surface area contributed by atoms with E-state index < -0.39 is 35.7 Å². The number of hydrogen-bond donors (Lipinski definition) is 2. The van der Waals surface area contributed by atoms with Crippen LogP contribution >= 0.6 is 0 Å². The van der Waals surface area contributed by atoms with Gasteiger partial charge in [0.15, 0.2) is 0 Å². The molecule has 1 fully saturated rings. The summed E-state index contributed by atoms with van der Waals surface area (Å²) >= 11 is 0. The van der Waals surface area contributed by atoms with E-state index in [2.05, 4.69) is 10.6 Å². The van der Waals surface area contributed by atoms with E-state index in [1.54, 1.807) is 32.6 Å². The van der Waals surface area contributed by atoms with Gasteiger partial charge in [-0.2, -0.15) is 0 Å². The van der Waals surface area contributed by atoms with Gasteiger partial charge < -0.3 is 25.0 Å². The minimum absolute atomic E-state index is 0.0176. The molecule has 0 spiro atoms. The van der Waals surface area contributed by atoms with E-state index >= 15 is 0 Å². The third kappa shape index (κ3) is 9.33. The Morgan fingerprint density at radius 3 is 2.29 bits per heavy atom. The van der Waals surface area contributed by atoms with Gasteiger partial charge in [-0.1, -0.05) is 61.0 Å². The molecule has 0 bridgehead atoms. The van der Waals surface area contributed by atoms with Crippen molar-refractivity contribution in [2.75, 3.05) is 13.2 Å². The number of benzene rings is 2. The van der Waals surface area contributed by atoms with Gasteiger partial charge in [0, 0.05) is 19.0 Å². The number of alkyl carbamates (subject to hydrolysis) is 1. The molecule has 4 atom stereocenters. The van der Waals surface area contributed by atoms with Gasteiger partial charge in [0.2, 0.25) is 11.8 Å². The summed E-state index contributed by atoms with van der Waals surface area (Å²) in [5.74, 6) is -0.999. The molecule has 1 aliphatic carbocycles. The molecular formula is C33H45N3O6. The summed E-state index contributed by atoms with van der Waals surface area (Å²) in [5, 5.41) is 5.66. The van der Waals surface area contributed by atoms with E-state index in [1.807, 2.05) is 69.3 Å². The first kappa shape index (κ1) is 32.6. The minimum atomic E-state index is -0.976. The molecule has 0 aliphatic heterocycles. The Bertz CT molecular complexity index is 1260. The lowest BCUT2D eigenvalue weighted by molar-refractivity contribution is -0.145. The van der Waals surface area contributed by atoms with Crippen molar-refractivity contribution in [2.24, 2.45) is 5.92 Å². The zero-order valence-corrected chi connectivity index (χ0v) is 25.9. The number of aryl methyl sites for hydroxylation is 2. The highest BCUT2D eigenvalue weighted by Crippen LogP contribution is 2.41. The van der Waals surface area contributed by atoms with Crippen molar-refractivity contribution in [2.45, 2.75) is 91.5 Å². The molecule has 42 heavy (non-hydrogen) atoms. The van der Waals surface area contributed by atoms with Crippen LogP contribution in [0.1, 0.15) is 75.8 Å². The fourth-order valence-corrected chi connectivity index (χ4v) is 5.02. The average molecular weight is 580 g/mol. The summed E-state index contributed by atoms with van der Waals surface area (Å²) in [6.07, 6.45) is 0.264. The number of ether oxygens (including phenoxy) is 2. The molecule has 1 saturated carbocycles. The number of nitrogens with zero attached hydrogens (tertiary/aromatic N) is 1. The van der Waals surface area contributed by atoms with Gasteiger partial charge >= 0.3 is 12.1 Å². The van der Waals surface area contributed by atoms with Gasteiger partial charge in [0.05, 0.1) is 13.0 Å². The fraction of sp³-hybridized carbons (Fsp3) is 0.515. The number of hydrogen-bond acceptors (Lipinski definition) is 6. The van der Waals surface area contributed by atoms with Crippen LogP contribution in [0.4, 0.5) is 4.79 Å². The summed E-state index contributed by atoms with van der Waals surface area (Å²) in [4.78, 5) is 55.0. The lowest BCUT2D eigenvalue weighted by Crippen LogP contribution is -2.55. The molecule has 0 saturated heterocycles. The predicted molar refractivity (Wildman–Crippen MR) is 161 cm³/mol. The molecule has 2 aromatic carbocycles. The molecular weight excluding hydrogens is 534 g/mol. The van der Waals surface area contributed by atoms with Crippen LogP contribution in [0.2, 0.25) is 0 Å². The van der Waals surface area contributed by atoms with Crippen molar-refractivity contribution in [3.05, 3.63) is 70.8 Å². The Labute approximate surface area is 249 Å². The largest absolute Gasteiger partial charge is 0.466 e. The lowest BCUT2D eigenvalue weighted by atomic mass is 9.95. The molecule has 228 valence electrons. The average Bonchev–Trinajstić information content (AvgIpc) is 3.62. The second-order valence-corrected chi connectivity index (χ2v) is 12.0. The van der Waals surface area contributed by atoms with Crippen LogP contribution in [-0.4, -0.2) is 59.6 Å². The van der Waals surface area contributed by atoms with Crippen LogP contribution in [0.3, 0.4) is 0 Å². The molecule has 0 radical (unpaired) electrons. The smallest absolute Gasteiger partial charge is 0.408 e. The first-order chi connectivity index (χ1) is 19.8. The maximum Gasteiger partial charge on any atom is 0.408 e. The van der Waals surface area contributed by atoms with Crippen LogP contribution in [0, 0.1) is 19.8 Å². The van der Waals surface area contributed by atoms with E-state index in [9.17, 15) is 19.2 Å². The maximum absolute atomic E-state index is 14.5. The Kier molecular flexibility index (Phi) is 11.1. The Hall–Kier alpha value is -3.88. The molecule has 1 aliphatic rings. The monoisotopic (exact) mass is 579 g/mol. The van der Waals surface area contributed by atoms with Crippen LogP contribution in [-0.2, 0) is 30.3 Å². The van der Waals surface area contributed by atoms with E-state index in [0.717, 1.165) is 23.1 Å². The third-order valence-electron chi connectivity index (χ3n) is 7.13. The van der Waals surface area contributed by atoms with Crippen LogP contribution < -0.4 is 10.6 Å². The molecule has 3 rings (SSSR count). The normalized spacial score (nSPS) is 17.4. The number of esters is 1. The number of nitrogens with one attached hydrogen (secondary N) is 2. The molecule has 0 heterocycles. The van der Waals surface area contributed by atoms with E-state index in [-0.39, 0.29) is 43.9 Å². The van der Waals surface area contributed by atoms with Gasteiger partial charge in [-0.15, -0.1) is 0 Å². The van der Waals surface area contributed by atoms with Gasteiger partial charge in [0.25, 0.3) is 0 Å². The summed E-state index contributed by atoms with van der Waals surface area (Å²) in [6.45, 7) is 13.3. The standard InChI is InChI=1S/C33H45N3O6/c1-8-41-28(37)16-17-34-30(38)29(25-15-14-21(2)18-22(25)3)36(27-19-23(27)4)31(39)26(20-24-12-10-9-11-13-24)35-32(40)42-33(5,6)7/h9-15,18,23,26-27,29H,8,16-17,19-20H2,1-7H3,(H,34,38)(H,35,40). The highest BCUT2D eigenvalue weighted by Gasteiger charge is 2.48. The number of carbonyl (C=O) groups is 4. The third-order valence-corrected chi connectivity index (χ3v) is 7.13. The summed E-state index contributed by atoms with van der Waals surface area (Å²) < 4.78 is 10.5. The van der Waals surface area contributed by atoms with Crippen molar-refractivity contribution in [3.63, 3.8) is 0 Å². The highest BCUT2D eigenvalue weighted by atomic mass is 16.6. The Morgan fingerprint density at radius 2 is 1.71 bits per heavy atom. The van der Waals surface area contributed by atoms with Gasteiger partial charge in [0.1, 0.15) is 17.7 Å². The molecule has 4 unspecified atom stereocenters. The molecule has 9 heteroatoms. The number of amides is 3. The zero-order chi connectivity index (χ0) is 31.0. The highest BCUT2D eigenvalue weighted by molar-refractivity contribution is 5.93. The molecule has 2 N–H and O–H groups in total. The second-order valence-electron chi connectivity index (χ2n) is 12.0. The molecule has 3 amide bonds. The zero-order valence-electron chi connectivity index (χ0n) is 25.9. The summed E-state index contributed by atoms with van der Waals surface area (Å²) in [6, 6.07) is 13.1. The van der Waals surface area contributed by atoms with Crippen LogP contribution in [0.5, 0.6) is 0 Å². The summed E-state index contributed by atoms with van der Waals surface area (Å²) in [7, 11) is 0. The molecule has 0 aromatic heterocycles.